The van der Waals surface area contributed by atoms with Crippen molar-refractivity contribution in [2.75, 3.05) is 36.8 Å². The lowest BCUT2D eigenvalue weighted by Gasteiger charge is -2.36. The van der Waals surface area contributed by atoms with Crippen molar-refractivity contribution < 1.29 is 4.79 Å². The standard InChI is InChI=1S/C17H19N3O/c18-15-6-8-16(9-7-15)19-10-12-20(13-11-19)17(21)14-4-2-1-3-5-14/h1-9H,10-13,18H2. The van der Waals surface area contributed by atoms with Crippen molar-refractivity contribution in [1.82, 2.24) is 4.90 Å². The van der Waals surface area contributed by atoms with E-state index in [1.54, 1.807) is 0 Å². The van der Waals surface area contributed by atoms with E-state index in [-0.39, 0.29) is 5.91 Å². The van der Waals surface area contributed by atoms with E-state index < -0.39 is 0 Å². The van der Waals surface area contributed by atoms with E-state index >= 15 is 0 Å². The second kappa shape index (κ2) is 5.87. The number of nitrogen functional groups attached to an aromatic ring is 1. The minimum absolute atomic E-state index is 0.118. The lowest BCUT2D eigenvalue weighted by atomic mass is 10.1. The largest absolute Gasteiger partial charge is 0.399 e. The first-order chi connectivity index (χ1) is 10.2. The van der Waals surface area contributed by atoms with Crippen LogP contribution in [-0.2, 0) is 0 Å². The Kier molecular flexibility index (Phi) is 3.77. The van der Waals surface area contributed by atoms with Gasteiger partial charge in [0.2, 0.25) is 0 Å². The Hall–Kier alpha value is -2.49. The van der Waals surface area contributed by atoms with E-state index in [2.05, 4.69) is 4.90 Å². The fraction of sp³-hybridized carbons (Fsp3) is 0.235. The van der Waals surface area contributed by atoms with Crippen LogP contribution >= 0.6 is 0 Å². The lowest BCUT2D eigenvalue weighted by molar-refractivity contribution is 0.0747. The zero-order valence-electron chi connectivity index (χ0n) is 11.9. The third kappa shape index (κ3) is 2.99. The van der Waals surface area contributed by atoms with Gasteiger partial charge in [0.15, 0.2) is 0 Å². The third-order valence-electron chi connectivity index (χ3n) is 3.85. The van der Waals surface area contributed by atoms with Crippen LogP contribution in [0.1, 0.15) is 10.4 Å². The van der Waals surface area contributed by atoms with Gasteiger partial charge in [0.05, 0.1) is 0 Å². The highest BCUT2D eigenvalue weighted by Gasteiger charge is 2.21. The number of benzene rings is 2. The Bertz CT molecular complexity index is 602. The third-order valence-corrected chi connectivity index (χ3v) is 3.85. The van der Waals surface area contributed by atoms with Crippen molar-refractivity contribution in [3.05, 3.63) is 60.2 Å². The fourth-order valence-electron chi connectivity index (χ4n) is 2.62. The molecule has 1 fully saturated rings. The summed E-state index contributed by atoms with van der Waals surface area (Å²) in [6.07, 6.45) is 0. The van der Waals surface area contributed by atoms with E-state index in [1.165, 1.54) is 0 Å². The SMILES string of the molecule is Nc1ccc(N2CCN(C(=O)c3ccccc3)CC2)cc1. The number of carbonyl (C=O) groups is 1. The Morgan fingerprint density at radius 3 is 2.10 bits per heavy atom. The van der Waals surface area contributed by atoms with E-state index in [0.717, 1.165) is 43.1 Å². The number of nitrogens with zero attached hydrogens (tertiary/aromatic N) is 2. The predicted molar refractivity (Wildman–Crippen MR) is 85.4 cm³/mol. The molecule has 0 aromatic heterocycles. The number of rotatable bonds is 2. The van der Waals surface area contributed by atoms with Crippen LogP contribution in [0.2, 0.25) is 0 Å². The Morgan fingerprint density at radius 1 is 0.857 bits per heavy atom. The molecule has 0 atom stereocenters. The minimum atomic E-state index is 0.118. The molecule has 2 aromatic rings. The highest BCUT2D eigenvalue weighted by atomic mass is 16.2. The van der Waals surface area contributed by atoms with E-state index in [0.29, 0.717) is 0 Å². The van der Waals surface area contributed by atoms with Crippen molar-refractivity contribution in [3.8, 4) is 0 Å². The second-order valence-electron chi connectivity index (χ2n) is 5.24. The van der Waals surface area contributed by atoms with Crippen molar-refractivity contribution in [2.45, 2.75) is 0 Å². The highest BCUT2D eigenvalue weighted by molar-refractivity contribution is 5.94. The van der Waals surface area contributed by atoms with Gasteiger partial charge in [0.25, 0.3) is 5.91 Å². The van der Waals surface area contributed by atoms with Gasteiger partial charge in [-0.25, -0.2) is 0 Å². The van der Waals surface area contributed by atoms with Crippen LogP contribution in [0.25, 0.3) is 0 Å². The quantitative estimate of drug-likeness (QED) is 0.859. The Balaban J connectivity index is 1.63. The van der Waals surface area contributed by atoms with Crippen molar-refractivity contribution in [1.29, 1.82) is 0 Å². The molecule has 108 valence electrons. The molecule has 3 rings (SSSR count). The van der Waals surface area contributed by atoms with Crippen LogP contribution in [0.5, 0.6) is 0 Å². The smallest absolute Gasteiger partial charge is 0.253 e. The Morgan fingerprint density at radius 2 is 1.48 bits per heavy atom. The molecule has 1 aliphatic rings. The zero-order valence-corrected chi connectivity index (χ0v) is 11.9. The number of hydrogen-bond acceptors (Lipinski definition) is 3. The normalized spacial score (nSPS) is 15.0. The van der Waals surface area contributed by atoms with Gasteiger partial charge in [-0.2, -0.15) is 0 Å². The van der Waals surface area contributed by atoms with Gasteiger partial charge in [0.1, 0.15) is 0 Å². The molecule has 1 heterocycles. The summed E-state index contributed by atoms with van der Waals surface area (Å²) < 4.78 is 0. The first-order valence-electron chi connectivity index (χ1n) is 7.19. The molecule has 4 nitrogen and oxygen atoms in total. The van der Waals surface area contributed by atoms with Gasteiger partial charge in [-0.1, -0.05) is 18.2 Å². The molecular formula is C17H19N3O. The molecule has 0 spiro atoms. The number of piperazine rings is 1. The molecule has 0 saturated carbocycles. The fourth-order valence-corrected chi connectivity index (χ4v) is 2.62. The van der Waals surface area contributed by atoms with E-state index in [9.17, 15) is 4.79 Å². The summed E-state index contributed by atoms with van der Waals surface area (Å²) in [6.45, 7) is 3.20. The van der Waals surface area contributed by atoms with Crippen molar-refractivity contribution in [2.24, 2.45) is 0 Å². The maximum atomic E-state index is 12.4. The highest BCUT2D eigenvalue weighted by Crippen LogP contribution is 2.18. The molecule has 4 heteroatoms. The molecule has 2 aromatic carbocycles. The monoisotopic (exact) mass is 281 g/mol. The van der Waals surface area contributed by atoms with Crippen LogP contribution in [0.15, 0.2) is 54.6 Å². The van der Waals surface area contributed by atoms with Crippen LogP contribution in [0.3, 0.4) is 0 Å². The topological polar surface area (TPSA) is 49.6 Å². The minimum Gasteiger partial charge on any atom is -0.399 e. The molecule has 1 saturated heterocycles. The summed E-state index contributed by atoms with van der Waals surface area (Å²) in [5, 5.41) is 0. The van der Waals surface area contributed by atoms with Gasteiger partial charge in [-0.3, -0.25) is 4.79 Å². The van der Waals surface area contributed by atoms with Gasteiger partial charge in [-0.05, 0) is 36.4 Å². The van der Waals surface area contributed by atoms with Crippen LogP contribution < -0.4 is 10.6 Å². The number of nitrogens with two attached hydrogens (primary N) is 1. The lowest BCUT2D eigenvalue weighted by Crippen LogP contribution is -2.48. The Labute approximate surface area is 124 Å². The molecule has 0 radical (unpaired) electrons. The maximum Gasteiger partial charge on any atom is 0.253 e. The molecule has 0 aliphatic carbocycles. The average molecular weight is 281 g/mol. The summed E-state index contributed by atoms with van der Waals surface area (Å²) in [5.41, 5.74) is 8.41. The van der Waals surface area contributed by atoms with E-state index in [4.69, 9.17) is 5.73 Å². The van der Waals surface area contributed by atoms with Crippen molar-refractivity contribution in [3.63, 3.8) is 0 Å². The average Bonchev–Trinajstić information content (AvgIpc) is 2.56. The van der Waals surface area contributed by atoms with Crippen LogP contribution in [0, 0.1) is 0 Å². The molecule has 0 unspecified atom stereocenters. The van der Waals surface area contributed by atoms with Gasteiger partial charge in [-0.15, -0.1) is 0 Å². The number of amides is 1. The molecule has 21 heavy (non-hydrogen) atoms. The number of carbonyl (C=O) groups excluding carboxylic acids is 1. The van der Waals surface area contributed by atoms with Crippen LogP contribution in [-0.4, -0.2) is 37.0 Å². The molecular weight excluding hydrogens is 262 g/mol. The summed E-state index contributed by atoms with van der Waals surface area (Å²) >= 11 is 0. The van der Waals surface area contributed by atoms with Crippen LogP contribution in [0.4, 0.5) is 11.4 Å². The summed E-state index contributed by atoms with van der Waals surface area (Å²) in [7, 11) is 0. The van der Waals surface area contributed by atoms with Gasteiger partial charge >= 0.3 is 0 Å². The number of hydrogen-bond donors (Lipinski definition) is 1. The van der Waals surface area contributed by atoms with Gasteiger partial charge in [0, 0.05) is 43.1 Å². The molecule has 0 bridgehead atoms. The summed E-state index contributed by atoms with van der Waals surface area (Å²) in [4.78, 5) is 16.6. The zero-order chi connectivity index (χ0) is 14.7. The van der Waals surface area contributed by atoms with Crippen molar-refractivity contribution >= 4 is 17.3 Å². The molecule has 1 aliphatic heterocycles. The summed E-state index contributed by atoms with van der Waals surface area (Å²) in [5.74, 6) is 0.118. The number of anilines is 2. The first kappa shape index (κ1) is 13.5. The van der Waals surface area contributed by atoms with E-state index in [1.807, 2.05) is 59.5 Å². The molecule has 1 amide bonds. The molecule has 2 N–H and O–H groups in total. The van der Waals surface area contributed by atoms with Gasteiger partial charge < -0.3 is 15.5 Å². The maximum absolute atomic E-state index is 12.4. The predicted octanol–water partition coefficient (Wildman–Crippen LogP) is 2.23. The first-order valence-corrected chi connectivity index (χ1v) is 7.19. The summed E-state index contributed by atoms with van der Waals surface area (Å²) in [6, 6.07) is 17.4. The second-order valence-corrected chi connectivity index (χ2v) is 5.24.